The summed E-state index contributed by atoms with van der Waals surface area (Å²) < 4.78 is 0.860. The maximum atomic E-state index is 4.31. The fourth-order valence-corrected chi connectivity index (χ4v) is 2.23. The predicted molar refractivity (Wildman–Crippen MR) is 91.7 cm³/mol. The van der Waals surface area contributed by atoms with E-state index < -0.39 is 0 Å². The Hall–Kier alpha value is -1.19. The Morgan fingerprint density at radius 1 is 1.19 bits per heavy atom. The summed E-state index contributed by atoms with van der Waals surface area (Å²) >= 11 is 2.96. The summed E-state index contributed by atoms with van der Waals surface area (Å²) in [7, 11) is 0. The zero-order valence-electron chi connectivity index (χ0n) is 13.1. The van der Waals surface area contributed by atoms with Gasteiger partial charge in [-0.2, -0.15) is 0 Å². The molecule has 0 radical (unpaired) electrons. The molecule has 1 heterocycles. The number of nitrogens with zero attached hydrogens (tertiary/aromatic N) is 2. The van der Waals surface area contributed by atoms with Gasteiger partial charge in [-0.05, 0) is 0 Å². The van der Waals surface area contributed by atoms with Gasteiger partial charge in [0.15, 0.2) is 0 Å². The molecular formula is C16H26N4Se. The quantitative estimate of drug-likeness (QED) is 0.278. The zero-order valence-corrected chi connectivity index (χ0v) is 14.8. The topological polar surface area (TPSA) is 49.3 Å². The van der Waals surface area contributed by atoms with Crippen molar-refractivity contribution in [3.8, 4) is 0 Å². The van der Waals surface area contributed by atoms with Crippen molar-refractivity contribution in [1.29, 1.82) is 0 Å². The predicted octanol–water partition coefficient (Wildman–Crippen LogP) is 2.60. The van der Waals surface area contributed by atoms with Crippen molar-refractivity contribution >= 4 is 26.0 Å². The molecule has 21 heavy (non-hydrogen) atoms. The number of unbranched alkanes of at least 4 members (excludes halogenated alkanes) is 5. The summed E-state index contributed by atoms with van der Waals surface area (Å²) in [5.41, 5.74) is 4.74. The Balaban J connectivity index is 2.14. The van der Waals surface area contributed by atoms with E-state index in [9.17, 15) is 0 Å². The molecular weight excluding hydrogens is 327 g/mol. The molecule has 1 rings (SSSR count). The van der Waals surface area contributed by atoms with Crippen LogP contribution in [0, 0.1) is 0 Å². The van der Waals surface area contributed by atoms with Crippen LogP contribution in [-0.4, -0.2) is 37.5 Å². The number of rotatable bonds is 11. The molecule has 0 atom stereocenters. The third-order valence-electron chi connectivity index (χ3n) is 3.18. The molecule has 0 unspecified atom stereocenters. The average molecular weight is 353 g/mol. The zero-order chi connectivity index (χ0) is 15.3. The van der Waals surface area contributed by atoms with Crippen molar-refractivity contribution < 1.29 is 0 Å². The van der Waals surface area contributed by atoms with Gasteiger partial charge in [-0.3, -0.25) is 0 Å². The van der Waals surface area contributed by atoms with Crippen LogP contribution in [0.5, 0.6) is 0 Å². The molecule has 0 aliphatic carbocycles. The SMILES string of the molecule is CCCCCCCCNC(=[Se])NN=C(C)c1ccccn1. The standard InChI is InChI=1S/C16H26N4Se/c1-3-4-5-6-7-9-13-18-16(21)20-19-14(2)15-11-8-10-12-17-15/h8,10-12H,3-7,9,13H2,1-2H3,(H2,18,20,21). The number of pyridine rings is 1. The van der Waals surface area contributed by atoms with Gasteiger partial charge >= 0.3 is 136 Å². The van der Waals surface area contributed by atoms with Gasteiger partial charge in [-0.25, -0.2) is 0 Å². The van der Waals surface area contributed by atoms with Crippen molar-refractivity contribution in [2.75, 3.05) is 6.54 Å². The van der Waals surface area contributed by atoms with E-state index in [-0.39, 0.29) is 0 Å². The third kappa shape index (κ3) is 8.63. The summed E-state index contributed by atoms with van der Waals surface area (Å²) in [5.74, 6) is 0. The van der Waals surface area contributed by atoms with E-state index in [0.29, 0.717) is 0 Å². The van der Waals surface area contributed by atoms with Gasteiger partial charge in [0.2, 0.25) is 0 Å². The van der Waals surface area contributed by atoms with Crippen LogP contribution in [0.3, 0.4) is 0 Å². The van der Waals surface area contributed by atoms with Gasteiger partial charge in [0, 0.05) is 0 Å². The molecule has 0 aliphatic rings. The van der Waals surface area contributed by atoms with Crippen LogP contribution in [0.25, 0.3) is 0 Å². The first kappa shape index (κ1) is 17.9. The van der Waals surface area contributed by atoms with Gasteiger partial charge in [-0.1, -0.05) is 0 Å². The van der Waals surface area contributed by atoms with E-state index in [1.54, 1.807) is 6.20 Å². The summed E-state index contributed by atoms with van der Waals surface area (Å²) in [6.07, 6.45) is 9.61. The fraction of sp³-hybridized carbons (Fsp3) is 0.562. The molecule has 5 heteroatoms. The van der Waals surface area contributed by atoms with Crippen LogP contribution >= 0.6 is 0 Å². The van der Waals surface area contributed by atoms with E-state index in [0.717, 1.165) is 22.6 Å². The monoisotopic (exact) mass is 354 g/mol. The second kappa shape index (κ2) is 11.5. The van der Waals surface area contributed by atoms with Crippen LogP contribution < -0.4 is 10.7 Å². The van der Waals surface area contributed by atoms with Crippen molar-refractivity contribution in [2.24, 2.45) is 5.10 Å². The number of aromatic nitrogens is 1. The number of hydrogen-bond donors (Lipinski definition) is 2. The van der Waals surface area contributed by atoms with E-state index >= 15 is 0 Å². The third-order valence-corrected chi connectivity index (χ3v) is 3.67. The molecule has 4 nitrogen and oxygen atoms in total. The van der Waals surface area contributed by atoms with Gasteiger partial charge in [0.05, 0.1) is 0 Å². The molecule has 1 aromatic heterocycles. The Bertz CT molecular complexity index is 431. The van der Waals surface area contributed by atoms with E-state index in [2.05, 4.69) is 43.3 Å². The summed E-state index contributed by atoms with van der Waals surface area (Å²) in [6.45, 7) is 5.16. The average Bonchev–Trinajstić information content (AvgIpc) is 2.52. The first-order valence-electron chi connectivity index (χ1n) is 7.73. The first-order valence-corrected chi connectivity index (χ1v) is 8.59. The molecule has 0 amide bonds. The molecule has 0 fully saturated rings. The first-order chi connectivity index (χ1) is 10.2. The van der Waals surface area contributed by atoms with Gasteiger partial charge in [-0.15, -0.1) is 0 Å². The molecule has 116 valence electrons. The second-order valence-electron chi connectivity index (χ2n) is 5.05. The molecule has 0 aliphatic heterocycles. The minimum atomic E-state index is 0.860. The molecule has 0 saturated heterocycles. The van der Waals surface area contributed by atoms with Crippen molar-refractivity contribution in [3.05, 3.63) is 30.1 Å². The molecule has 1 aromatic rings. The van der Waals surface area contributed by atoms with E-state index in [1.807, 2.05) is 25.1 Å². The maximum absolute atomic E-state index is 4.31. The fourth-order valence-electron chi connectivity index (χ4n) is 1.92. The Labute approximate surface area is 136 Å². The number of hydrogen-bond acceptors (Lipinski definition) is 4. The van der Waals surface area contributed by atoms with Crippen LogP contribution in [0.15, 0.2) is 29.5 Å². The van der Waals surface area contributed by atoms with Crippen molar-refractivity contribution in [2.45, 2.75) is 52.4 Å². The summed E-state index contributed by atoms with van der Waals surface area (Å²) in [5, 5.41) is 7.61. The Morgan fingerprint density at radius 2 is 1.95 bits per heavy atom. The Morgan fingerprint density at radius 3 is 2.67 bits per heavy atom. The van der Waals surface area contributed by atoms with Gasteiger partial charge in [0.25, 0.3) is 0 Å². The van der Waals surface area contributed by atoms with Gasteiger partial charge in [0.1, 0.15) is 0 Å². The molecule has 0 saturated carbocycles. The van der Waals surface area contributed by atoms with Gasteiger partial charge < -0.3 is 0 Å². The van der Waals surface area contributed by atoms with Crippen LogP contribution in [0.4, 0.5) is 0 Å². The second-order valence-corrected chi connectivity index (χ2v) is 5.90. The number of nitrogens with one attached hydrogen (secondary N) is 2. The van der Waals surface area contributed by atoms with Crippen molar-refractivity contribution in [1.82, 2.24) is 15.7 Å². The molecule has 0 spiro atoms. The summed E-state index contributed by atoms with van der Waals surface area (Å²) in [6, 6.07) is 5.81. The van der Waals surface area contributed by atoms with Crippen LogP contribution in [-0.2, 0) is 0 Å². The Kier molecular flexibility index (Phi) is 9.75. The van der Waals surface area contributed by atoms with E-state index in [4.69, 9.17) is 0 Å². The molecule has 0 aromatic carbocycles. The molecule has 2 N–H and O–H groups in total. The normalized spacial score (nSPS) is 11.2. The number of hydrazone groups is 1. The van der Waals surface area contributed by atoms with Crippen LogP contribution in [0.2, 0.25) is 0 Å². The molecule has 0 bridgehead atoms. The van der Waals surface area contributed by atoms with Crippen molar-refractivity contribution in [3.63, 3.8) is 0 Å². The summed E-state index contributed by atoms with van der Waals surface area (Å²) in [4.78, 5) is 4.26. The van der Waals surface area contributed by atoms with E-state index in [1.165, 1.54) is 38.5 Å². The van der Waals surface area contributed by atoms with Crippen LogP contribution in [0.1, 0.15) is 58.1 Å². The minimum absolute atomic E-state index is 0.860.